The Bertz CT molecular complexity index is 665. The van der Waals surface area contributed by atoms with E-state index in [1.165, 1.54) is 24.2 Å². The maximum absolute atomic E-state index is 12.2. The molecule has 0 aliphatic carbocycles. The van der Waals surface area contributed by atoms with Crippen LogP contribution < -0.4 is 9.62 Å². The Morgan fingerprint density at radius 1 is 1.24 bits per heavy atom. The van der Waals surface area contributed by atoms with E-state index in [-0.39, 0.29) is 5.91 Å². The molecule has 6 nitrogen and oxygen atoms in total. The molecule has 0 radical (unpaired) electrons. The standard InChI is InChI=1S/C18H29N3O3S/c1-15-9-13-21(14-10-15)12-4-11-19-18(22)16-5-7-17(8-6-16)20(2)25(3,23)24/h5-8,15H,4,9-14H2,1-3H3,(H,19,22). The summed E-state index contributed by atoms with van der Waals surface area (Å²) in [5.41, 5.74) is 1.08. The molecule has 1 amide bonds. The van der Waals surface area contributed by atoms with Crippen molar-refractivity contribution < 1.29 is 13.2 Å². The van der Waals surface area contributed by atoms with E-state index in [0.29, 0.717) is 17.8 Å². The van der Waals surface area contributed by atoms with Gasteiger partial charge in [0.15, 0.2) is 0 Å². The minimum absolute atomic E-state index is 0.124. The van der Waals surface area contributed by atoms with Crippen molar-refractivity contribution in [2.24, 2.45) is 5.92 Å². The predicted octanol–water partition coefficient (Wildman–Crippen LogP) is 1.93. The predicted molar refractivity (Wildman–Crippen MR) is 101 cm³/mol. The SMILES string of the molecule is CC1CCN(CCCNC(=O)c2ccc(N(C)S(C)(=O)=O)cc2)CC1. The van der Waals surface area contributed by atoms with Crippen molar-refractivity contribution in [3.63, 3.8) is 0 Å². The van der Waals surface area contributed by atoms with E-state index in [4.69, 9.17) is 0 Å². The second-order valence-electron chi connectivity index (χ2n) is 6.91. The Hall–Kier alpha value is -1.60. The zero-order valence-electron chi connectivity index (χ0n) is 15.4. The lowest BCUT2D eigenvalue weighted by Gasteiger charge is -2.30. The summed E-state index contributed by atoms with van der Waals surface area (Å²) in [6, 6.07) is 6.59. The average Bonchev–Trinajstić information content (AvgIpc) is 2.58. The van der Waals surface area contributed by atoms with Gasteiger partial charge in [0.05, 0.1) is 11.9 Å². The van der Waals surface area contributed by atoms with E-state index in [2.05, 4.69) is 17.1 Å². The smallest absolute Gasteiger partial charge is 0.251 e. The largest absolute Gasteiger partial charge is 0.352 e. The molecule has 0 unspecified atom stereocenters. The van der Waals surface area contributed by atoms with Crippen molar-refractivity contribution >= 4 is 21.6 Å². The number of likely N-dealkylation sites (tertiary alicyclic amines) is 1. The lowest BCUT2D eigenvalue weighted by Crippen LogP contribution is -2.35. The fraction of sp³-hybridized carbons (Fsp3) is 0.611. The fourth-order valence-corrected chi connectivity index (χ4v) is 3.41. The van der Waals surface area contributed by atoms with Crippen molar-refractivity contribution in [3.05, 3.63) is 29.8 Å². The minimum Gasteiger partial charge on any atom is -0.352 e. The highest BCUT2D eigenvalue weighted by atomic mass is 32.2. The molecule has 0 saturated carbocycles. The van der Waals surface area contributed by atoms with Gasteiger partial charge in [-0.15, -0.1) is 0 Å². The van der Waals surface area contributed by atoms with Gasteiger partial charge in [-0.25, -0.2) is 8.42 Å². The topological polar surface area (TPSA) is 69.7 Å². The molecule has 1 aromatic rings. The Labute approximate surface area is 151 Å². The summed E-state index contributed by atoms with van der Waals surface area (Å²) < 4.78 is 24.2. The molecule has 1 heterocycles. The average molecular weight is 368 g/mol. The Kier molecular flexibility index (Phi) is 6.84. The van der Waals surface area contributed by atoms with Crippen LogP contribution >= 0.6 is 0 Å². The number of anilines is 1. The number of piperidine rings is 1. The van der Waals surface area contributed by atoms with Gasteiger partial charge >= 0.3 is 0 Å². The molecule has 25 heavy (non-hydrogen) atoms. The number of hydrogen-bond acceptors (Lipinski definition) is 4. The van der Waals surface area contributed by atoms with Crippen LogP contribution in [0, 0.1) is 5.92 Å². The maximum Gasteiger partial charge on any atom is 0.251 e. The molecule has 7 heteroatoms. The molecular formula is C18H29N3O3S. The lowest BCUT2D eigenvalue weighted by molar-refractivity contribution is 0.0950. The van der Waals surface area contributed by atoms with Crippen LogP contribution in [-0.4, -0.2) is 58.7 Å². The van der Waals surface area contributed by atoms with Gasteiger partial charge < -0.3 is 10.2 Å². The molecule has 0 spiro atoms. The van der Waals surface area contributed by atoms with Gasteiger partial charge in [0.25, 0.3) is 5.91 Å². The first-order valence-electron chi connectivity index (χ1n) is 8.82. The summed E-state index contributed by atoms with van der Waals surface area (Å²) in [4.78, 5) is 14.6. The van der Waals surface area contributed by atoms with E-state index >= 15 is 0 Å². The van der Waals surface area contributed by atoms with Gasteiger partial charge in [0.2, 0.25) is 10.0 Å². The summed E-state index contributed by atoms with van der Waals surface area (Å²) in [6.45, 7) is 6.28. The van der Waals surface area contributed by atoms with Gasteiger partial charge in [-0.05, 0) is 69.1 Å². The van der Waals surface area contributed by atoms with E-state index < -0.39 is 10.0 Å². The van der Waals surface area contributed by atoms with E-state index in [1.807, 2.05) is 0 Å². The number of sulfonamides is 1. The van der Waals surface area contributed by atoms with Crippen LogP contribution in [0.2, 0.25) is 0 Å². The lowest BCUT2D eigenvalue weighted by atomic mass is 9.99. The van der Waals surface area contributed by atoms with Crippen LogP contribution in [0.4, 0.5) is 5.69 Å². The van der Waals surface area contributed by atoms with Gasteiger partial charge in [0.1, 0.15) is 0 Å². The molecule has 1 aromatic carbocycles. The quantitative estimate of drug-likeness (QED) is 0.748. The molecule has 0 bridgehead atoms. The first-order chi connectivity index (χ1) is 11.8. The summed E-state index contributed by atoms with van der Waals surface area (Å²) in [7, 11) is -1.80. The van der Waals surface area contributed by atoms with Crippen LogP contribution in [0.15, 0.2) is 24.3 Å². The zero-order valence-corrected chi connectivity index (χ0v) is 16.2. The van der Waals surface area contributed by atoms with Crippen LogP contribution in [0.1, 0.15) is 36.5 Å². The van der Waals surface area contributed by atoms with Crippen molar-refractivity contribution in [2.45, 2.75) is 26.2 Å². The van der Waals surface area contributed by atoms with Crippen LogP contribution in [0.3, 0.4) is 0 Å². The molecule has 0 aromatic heterocycles. The number of benzene rings is 1. The molecule has 1 saturated heterocycles. The van der Waals surface area contributed by atoms with E-state index in [9.17, 15) is 13.2 Å². The summed E-state index contributed by atoms with van der Waals surface area (Å²) in [5, 5.41) is 2.93. The van der Waals surface area contributed by atoms with Crippen LogP contribution in [-0.2, 0) is 10.0 Å². The summed E-state index contributed by atoms with van der Waals surface area (Å²) >= 11 is 0. The highest BCUT2D eigenvalue weighted by Gasteiger charge is 2.15. The molecule has 2 rings (SSSR count). The number of nitrogens with zero attached hydrogens (tertiary/aromatic N) is 2. The first-order valence-corrected chi connectivity index (χ1v) is 10.7. The third-order valence-corrected chi connectivity index (χ3v) is 6.01. The second kappa shape index (κ2) is 8.67. The van der Waals surface area contributed by atoms with E-state index in [0.717, 1.165) is 38.2 Å². The summed E-state index contributed by atoms with van der Waals surface area (Å²) in [6.07, 6.45) is 4.62. The molecular weight excluding hydrogens is 338 g/mol. The third kappa shape index (κ3) is 6.01. The number of nitrogens with one attached hydrogen (secondary N) is 1. The number of amides is 1. The zero-order chi connectivity index (χ0) is 18.4. The highest BCUT2D eigenvalue weighted by Crippen LogP contribution is 2.17. The number of hydrogen-bond donors (Lipinski definition) is 1. The normalized spacial score (nSPS) is 16.6. The molecule has 1 fully saturated rings. The molecule has 1 aliphatic rings. The number of carbonyl (C=O) groups is 1. The van der Waals surface area contributed by atoms with Crippen molar-refractivity contribution in [1.29, 1.82) is 0 Å². The Morgan fingerprint density at radius 3 is 2.40 bits per heavy atom. The Morgan fingerprint density at radius 2 is 1.84 bits per heavy atom. The van der Waals surface area contributed by atoms with Gasteiger partial charge in [-0.1, -0.05) is 6.92 Å². The van der Waals surface area contributed by atoms with Crippen LogP contribution in [0.5, 0.6) is 0 Å². The third-order valence-electron chi connectivity index (χ3n) is 4.80. The molecule has 0 atom stereocenters. The summed E-state index contributed by atoms with van der Waals surface area (Å²) in [5.74, 6) is 0.710. The Balaban J connectivity index is 1.75. The monoisotopic (exact) mass is 367 g/mol. The molecule has 1 aliphatic heterocycles. The molecule has 1 N–H and O–H groups in total. The van der Waals surface area contributed by atoms with Gasteiger partial charge in [-0.3, -0.25) is 9.10 Å². The first kappa shape index (κ1) is 19.7. The van der Waals surface area contributed by atoms with Gasteiger partial charge in [-0.2, -0.15) is 0 Å². The maximum atomic E-state index is 12.2. The van der Waals surface area contributed by atoms with Crippen LogP contribution in [0.25, 0.3) is 0 Å². The minimum atomic E-state index is -3.29. The van der Waals surface area contributed by atoms with E-state index in [1.54, 1.807) is 24.3 Å². The second-order valence-corrected chi connectivity index (χ2v) is 8.92. The van der Waals surface area contributed by atoms with Crippen molar-refractivity contribution in [1.82, 2.24) is 10.2 Å². The number of carbonyl (C=O) groups excluding carboxylic acids is 1. The molecule has 140 valence electrons. The highest BCUT2D eigenvalue weighted by molar-refractivity contribution is 7.92. The fourth-order valence-electron chi connectivity index (χ4n) is 2.91. The number of rotatable bonds is 7. The van der Waals surface area contributed by atoms with Gasteiger partial charge in [0, 0.05) is 19.2 Å². The van der Waals surface area contributed by atoms with Crippen molar-refractivity contribution in [2.75, 3.05) is 43.8 Å². The van der Waals surface area contributed by atoms with Crippen molar-refractivity contribution in [3.8, 4) is 0 Å².